The van der Waals surface area contributed by atoms with E-state index >= 15 is 0 Å². The molecule has 0 atom stereocenters. The largest absolute Gasteiger partial charge is 0.464 e. The van der Waals surface area contributed by atoms with Gasteiger partial charge in [0.15, 0.2) is 0 Å². The first kappa shape index (κ1) is 13.6. The van der Waals surface area contributed by atoms with Gasteiger partial charge >= 0.3 is 0 Å². The van der Waals surface area contributed by atoms with Crippen LogP contribution in [0.15, 0.2) is 53.3 Å². The van der Waals surface area contributed by atoms with Crippen molar-refractivity contribution in [3.8, 4) is 17.4 Å². The highest BCUT2D eigenvalue weighted by molar-refractivity contribution is 5.75. The SMILES string of the molecule is N#Cc1c(-c2ccco2)cc(N)nc1NCc1ccccn1. The molecule has 3 aromatic heterocycles. The average molecular weight is 291 g/mol. The van der Waals surface area contributed by atoms with Gasteiger partial charge in [0.25, 0.3) is 0 Å². The molecular weight excluding hydrogens is 278 g/mol. The normalized spacial score (nSPS) is 10.1. The molecule has 3 aromatic rings. The van der Waals surface area contributed by atoms with Crippen LogP contribution >= 0.6 is 0 Å². The minimum absolute atomic E-state index is 0.314. The van der Waals surface area contributed by atoms with E-state index < -0.39 is 0 Å². The molecule has 0 aromatic carbocycles. The zero-order chi connectivity index (χ0) is 15.4. The standard InChI is InChI=1S/C16H13N5O/c17-9-13-12(14-5-3-7-22-14)8-15(18)21-16(13)20-10-11-4-1-2-6-19-11/h1-8H,10H2,(H3,18,20,21). The quantitative estimate of drug-likeness (QED) is 0.766. The Hall–Kier alpha value is -3.33. The lowest BCUT2D eigenvalue weighted by atomic mass is 10.1. The highest BCUT2D eigenvalue weighted by Gasteiger charge is 2.15. The Labute approximate surface area is 127 Å². The van der Waals surface area contributed by atoms with E-state index in [-0.39, 0.29) is 0 Å². The van der Waals surface area contributed by atoms with Gasteiger partial charge < -0.3 is 15.5 Å². The van der Waals surface area contributed by atoms with Crippen LogP contribution in [0.1, 0.15) is 11.3 Å². The highest BCUT2D eigenvalue weighted by Crippen LogP contribution is 2.29. The first-order valence-electron chi connectivity index (χ1n) is 6.66. The lowest BCUT2D eigenvalue weighted by molar-refractivity contribution is 0.582. The Balaban J connectivity index is 1.96. The van der Waals surface area contributed by atoms with Crippen molar-refractivity contribution in [2.24, 2.45) is 0 Å². The Morgan fingerprint density at radius 2 is 2.18 bits per heavy atom. The van der Waals surface area contributed by atoms with Crippen molar-refractivity contribution in [2.45, 2.75) is 6.54 Å². The highest BCUT2D eigenvalue weighted by atomic mass is 16.3. The molecule has 0 amide bonds. The number of nitrogens with two attached hydrogens (primary N) is 1. The van der Waals surface area contributed by atoms with Crippen molar-refractivity contribution in [3.63, 3.8) is 0 Å². The van der Waals surface area contributed by atoms with Gasteiger partial charge in [-0.2, -0.15) is 5.26 Å². The summed E-state index contributed by atoms with van der Waals surface area (Å²) in [6.45, 7) is 0.448. The average Bonchev–Trinajstić information content (AvgIpc) is 3.07. The van der Waals surface area contributed by atoms with E-state index in [4.69, 9.17) is 10.2 Å². The van der Waals surface area contributed by atoms with Crippen LogP contribution in [0.2, 0.25) is 0 Å². The van der Waals surface area contributed by atoms with Crippen LogP contribution in [0.3, 0.4) is 0 Å². The van der Waals surface area contributed by atoms with Crippen molar-refractivity contribution in [2.75, 3.05) is 11.1 Å². The summed E-state index contributed by atoms with van der Waals surface area (Å²) in [5, 5.41) is 12.6. The topological polar surface area (TPSA) is 101 Å². The lowest BCUT2D eigenvalue weighted by Crippen LogP contribution is -2.07. The van der Waals surface area contributed by atoms with Crippen LogP contribution in [-0.4, -0.2) is 9.97 Å². The third-order valence-electron chi connectivity index (χ3n) is 3.10. The third-order valence-corrected chi connectivity index (χ3v) is 3.10. The first-order valence-corrected chi connectivity index (χ1v) is 6.66. The Morgan fingerprint density at radius 3 is 2.86 bits per heavy atom. The van der Waals surface area contributed by atoms with Gasteiger partial charge in [-0.05, 0) is 30.3 Å². The maximum Gasteiger partial charge on any atom is 0.147 e. The van der Waals surface area contributed by atoms with E-state index in [1.165, 1.54) is 0 Å². The summed E-state index contributed by atoms with van der Waals surface area (Å²) in [7, 11) is 0. The van der Waals surface area contributed by atoms with E-state index in [1.807, 2.05) is 18.2 Å². The van der Waals surface area contributed by atoms with Gasteiger partial charge in [0.05, 0.1) is 18.5 Å². The van der Waals surface area contributed by atoms with Gasteiger partial charge in [0, 0.05) is 11.8 Å². The fourth-order valence-electron chi connectivity index (χ4n) is 2.11. The van der Waals surface area contributed by atoms with Crippen molar-refractivity contribution in [3.05, 3.63) is 60.1 Å². The maximum atomic E-state index is 9.46. The van der Waals surface area contributed by atoms with Gasteiger partial charge in [-0.25, -0.2) is 4.98 Å². The second-order valence-corrected chi connectivity index (χ2v) is 4.58. The van der Waals surface area contributed by atoms with E-state index in [0.717, 1.165) is 5.69 Å². The number of nitrogens with zero attached hydrogens (tertiary/aromatic N) is 3. The zero-order valence-corrected chi connectivity index (χ0v) is 11.7. The Bertz CT molecular complexity index is 807. The molecule has 0 unspecified atom stereocenters. The fourth-order valence-corrected chi connectivity index (χ4v) is 2.11. The molecule has 22 heavy (non-hydrogen) atoms. The molecule has 0 bridgehead atoms. The number of pyridine rings is 2. The van der Waals surface area contributed by atoms with E-state index in [0.29, 0.717) is 35.1 Å². The summed E-state index contributed by atoms with van der Waals surface area (Å²) in [5.41, 5.74) is 7.69. The summed E-state index contributed by atoms with van der Waals surface area (Å²) in [4.78, 5) is 8.43. The van der Waals surface area contributed by atoms with Crippen molar-refractivity contribution in [1.29, 1.82) is 5.26 Å². The Morgan fingerprint density at radius 1 is 1.27 bits per heavy atom. The van der Waals surface area contributed by atoms with Crippen LogP contribution in [-0.2, 0) is 6.54 Å². The van der Waals surface area contributed by atoms with Crippen LogP contribution in [0.4, 0.5) is 11.6 Å². The number of nitrogen functional groups attached to an aromatic ring is 1. The van der Waals surface area contributed by atoms with Crippen LogP contribution in [0.5, 0.6) is 0 Å². The van der Waals surface area contributed by atoms with Gasteiger partial charge in [-0.15, -0.1) is 0 Å². The fraction of sp³-hybridized carbons (Fsp3) is 0.0625. The molecule has 0 fully saturated rings. The molecule has 3 heterocycles. The van der Waals surface area contributed by atoms with Crippen molar-refractivity contribution in [1.82, 2.24) is 9.97 Å². The number of hydrogen-bond acceptors (Lipinski definition) is 6. The minimum Gasteiger partial charge on any atom is -0.464 e. The second-order valence-electron chi connectivity index (χ2n) is 4.58. The monoisotopic (exact) mass is 291 g/mol. The third kappa shape index (κ3) is 2.74. The van der Waals surface area contributed by atoms with Crippen LogP contribution in [0, 0.1) is 11.3 Å². The van der Waals surface area contributed by atoms with Crippen molar-refractivity contribution < 1.29 is 4.42 Å². The van der Waals surface area contributed by atoms with Crippen LogP contribution < -0.4 is 11.1 Å². The number of nitriles is 1. The summed E-state index contributed by atoms with van der Waals surface area (Å²) in [6, 6.07) is 12.9. The van der Waals surface area contributed by atoms with Gasteiger partial charge in [-0.3, -0.25) is 4.98 Å². The molecule has 6 nitrogen and oxygen atoms in total. The summed E-state index contributed by atoms with van der Waals surface area (Å²) in [6.07, 6.45) is 3.26. The number of hydrogen-bond donors (Lipinski definition) is 2. The first-order chi connectivity index (χ1) is 10.8. The van der Waals surface area contributed by atoms with Crippen LogP contribution in [0.25, 0.3) is 11.3 Å². The molecule has 108 valence electrons. The Kier molecular flexibility index (Phi) is 3.70. The predicted molar refractivity (Wildman–Crippen MR) is 82.6 cm³/mol. The maximum absolute atomic E-state index is 9.46. The molecule has 0 aliphatic heterocycles. The number of aromatic nitrogens is 2. The molecule has 0 spiro atoms. The molecule has 3 rings (SSSR count). The molecule has 3 N–H and O–H groups in total. The van der Waals surface area contributed by atoms with Gasteiger partial charge in [0.2, 0.25) is 0 Å². The van der Waals surface area contributed by atoms with Crippen molar-refractivity contribution >= 4 is 11.6 Å². The summed E-state index contributed by atoms with van der Waals surface area (Å²) < 4.78 is 5.36. The molecule has 6 heteroatoms. The predicted octanol–water partition coefficient (Wildman–Crippen LogP) is 2.80. The second kappa shape index (κ2) is 5.97. The molecule has 0 radical (unpaired) electrons. The molecule has 0 aliphatic rings. The van der Waals surface area contributed by atoms with E-state index in [1.54, 1.807) is 30.7 Å². The van der Waals surface area contributed by atoms with E-state index in [9.17, 15) is 5.26 Å². The number of anilines is 2. The molecule has 0 saturated heterocycles. The van der Waals surface area contributed by atoms with Gasteiger partial charge in [0.1, 0.15) is 29.0 Å². The van der Waals surface area contributed by atoms with E-state index in [2.05, 4.69) is 21.4 Å². The summed E-state index contributed by atoms with van der Waals surface area (Å²) in [5.74, 6) is 1.31. The minimum atomic E-state index is 0.314. The summed E-state index contributed by atoms with van der Waals surface area (Å²) >= 11 is 0. The number of furan rings is 1. The lowest BCUT2D eigenvalue weighted by Gasteiger charge is -2.10. The molecular formula is C16H13N5O. The molecule has 0 saturated carbocycles. The molecule has 0 aliphatic carbocycles. The smallest absolute Gasteiger partial charge is 0.147 e. The number of rotatable bonds is 4. The zero-order valence-electron chi connectivity index (χ0n) is 11.7. The van der Waals surface area contributed by atoms with Gasteiger partial charge in [-0.1, -0.05) is 6.07 Å². The number of nitrogens with one attached hydrogen (secondary N) is 1.